The molecule has 2 heterocycles. The maximum Gasteiger partial charge on any atom is 0.348 e. The third-order valence-electron chi connectivity index (χ3n) is 5.13. The van der Waals surface area contributed by atoms with Crippen LogP contribution in [0, 0.1) is 5.82 Å². The first kappa shape index (κ1) is 22.9. The third kappa shape index (κ3) is 5.04. The van der Waals surface area contributed by atoms with Crippen molar-refractivity contribution in [2.45, 2.75) is 19.4 Å². The molecule has 4 rings (SSSR count). The van der Waals surface area contributed by atoms with E-state index in [1.54, 1.807) is 4.90 Å². The lowest BCUT2D eigenvalue weighted by atomic mass is 10.2. The van der Waals surface area contributed by atoms with E-state index in [-0.39, 0.29) is 27.2 Å². The van der Waals surface area contributed by atoms with Crippen LogP contribution in [-0.2, 0) is 16.1 Å². The van der Waals surface area contributed by atoms with Crippen molar-refractivity contribution in [3.05, 3.63) is 85.0 Å². The lowest BCUT2D eigenvalue weighted by Crippen LogP contribution is -2.33. The predicted octanol–water partition coefficient (Wildman–Crippen LogP) is 3.90. The van der Waals surface area contributed by atoms with Crippen LogP contribution in [0.4, 0.5) is 15.8 Å². The Labute approximate surface area is 197 Å². The number of benzene rings is 2. The molecule has 7 nitrogen and oxygen atoms in total. The fourth-order valence-electron chi connectivity index (χ4n) is 3.45. The molecule has 170 valence electrons. The van der Waals surface area contributed by atoms with Crippen LogP contribution in [0.3, 0.4) is 0 Å². The molecule has 1 aliphatic rings. The van der Waals surface area contributed by atoms with E-state index in [1.807, 2.05) is 24.3 Å². The van der Waals surface area contributed by atoms with Crippen molar-refractivity contribution in [1.29, 1.82) is 0 Å². The van der Waals surface area contributed by atoms with E-state index in [0.29, 0.717) is 18.7 Å². The van der Waals surface area contributed by atoms with Gasteiger partial charge >= 0.3 is 5.97 Å². The second-order valence-corrected chi connectivity index (χ2v) is 8.75. The first-order valence-electron chi connectivity index (χ1n) is 10.1. The summed E-state index contributed by atoms with van der Waals surface area (Å²) in [4.78, 5) is 43.4. The van der Waals surface area contributed by atoms with E-state index < -0.39 is 17.3 Å². The smallest absolute Gasteiger partial charge is 0.348 e. The molecule has 0 saturated carbocycles. The standard InChI is InChI=1S/C23H19ClFN3O4S/c1-32-22(31)19-12-21(30)28(23(33-19)26-15-6-9-18(25)17(24)11-15)13-14-4-7-16(8-5-14)27-10-2-3-20(27)29/h4-9,11-12H,2-3,10,13H2,1H3. The number of amides is 1. The molecule has 33 heavy (non-hydrogen) atoms. The molecule has 0 N–H and O–H groups in total. The van der Waals surface area contributed by atoms with Crippen molar-refractivity contribution < 1.29 is 18.7 Å². The Balaban J connectivity index is 1.74. The van der Waals surface area contributed by atoms with Gasteiger partial charge in [-0.15, -0.1) is 0 Å². The average molecular weight is 488 g/mol. The highest BCUT2D eigenvalue weighted by Crippen LogP contribution is 2.23. The molecule has 0 atom stereocenters. The highest BCUT2D eigenvalue weighted by molar-refractivity contribution is 7.11. The molecule has 3 aromatic rings. The molecular formula is C23H19ClFN3O4S. The zero-order valence-corrected chi connectivity index (χ0v) is 19.2. The molecule has 1 amide bonds. The first-order chi connectivity index (χ1) is 15.9. The van der Waals surface area contributed by atoms with Crippen LogP contribution in [0.25, 0.3) is 0 Å². The Bertz CT molecular complexity index is 1350. The number of hydrogen-bond donors (Lipinski definition) is 0. The Hall–Kier alpha value is -3.30. The molecule has 0 spiro atoms. The van der Waals surface area contributed by atoms with Crippen molar-refractivity contribution in [1.82, 2.24) is 4.57 Å². The lowest BCUT2D eigenvalue weighted by Gasteiger charge is -2.16. The Kier molecular flexibility index (Phi) is 6.71. The number of carbonyl (C=O) groups excluding carboxylic acids is 2. The normalized spacial score (nSPS) is 14.1. The number of aromatic nitrogens is 1. The molecule has 0 bridgehead atoms. The number of carbonyl (C=O) groups is 2. The summed E-state index contributed by atoms with van der Waals surface area (Å²) in [6.07, 6.45) is 1.38. The van der Waals surface area contributed by atoms with E-state index in [1.165, 1.54) is 35.9 Å². The van der Waals surface area contributed by atoms with Crippen molar-refractivity contribution >= 4 is 46.2 Å². The van der Waals surface area contributed by atoms with Gasteiger partial charge in [0.2, 0.25) is 5.91 Å². The predicted molar refractivity (Wildman–Crippen MR) is 124 cm³/mol. The SMILES string of the molecule is COC(=O)c1cc(=O)n(Cc2ccc(N3CCCC3=O)cc2)c(=Nc2ccc(F)c(Cl)c2)s1. The van der Waals surface area contributed by atoms with Crippen molar-refractivity contribution in [2.75, 3.05) is 18.6 Å². The van der Waals surface area contributed by atoms with E-state index >= 15 is 0 Å². The van der Waals surface area contributed by atoms with Gasteiger partial charge in [0.15, 0.2) is 4.80 Å². The van der Waals surface area contributed by atoms with Crippen LogP contribution >= 0.6 is 22.9 Å². The number of hydrogen-bond acceptors (Lipinski definition) is 6. The highest BCUT2D eigenvalue weighted by Gasteiger charge is 2.21. The average Bonchev–Trinajstić information content (AvgIpc) is 3.24. The number of anilines is 1. The number of ether oxygens (including phenoxy) is 1. The minimum absolute atomic E-state index is 0.0913. The molecule has 10 heteroatoms. The third-order valence-corrected chi connectivity index (χ3v) is 6.42. The monoisotopic (exact) mass is 487 g/mol. The van der Waals surface area contributed by atoms with Gasteiger partial charge in [-0.25, -0.2) is 14.2 Å². The molecule has 1 aliphatic heterocycles. The summed E-state index contributed by atoms with van der Waals surface area (Å²) in [6, 6.07) is 12.5. The minimum atomic E-state index is -0.655. The van der Waals surface area contributed by atoms with Gasteiger partial charge in [-0.1, -0.05) is 35.1 Å². The van der Waals surface area contributed by atoms with Crippen LogP contribution in [0.5, 0.6) is 0 Å². The molecule has 2 aromatic carbocycles. The van der Waals surface area contributed by atoms with E-state index in [9.17, 15) is 18.8 Å². The molecule has 1 saturated heterocycles. The lowest BCUT2D eigenvalue weighted by molar-refractivity contribution is -0.117. The molecule has 1 aromatic heterocycles. The second kappa shape index (κ2) is 9.68. The quantitative estimate of drug-likeness (QED) is 0.511. The summed E-state index contributed by atoms with van der Waals surface area (Å²) in [5, 5.41) is -0.105. The van der Waals surface area contributed by atoms with E-state index in [4.69, 9.17) is 16.3 Å². The maximum atomic E-state index is 13.5. The first-order valence-corrected chi connectivity index (χ1v) is 11.3. The van der Waals surface area contributed by atoms with Crippen molar-refractivity contribution in [3.8, 4) is 0 Å². The Morgan fingerprint density at radius 2 is 1.94 bits per heavy atom. The molecule has 0 unspecified atom stereocenters. The highest BCUT2D eigenvalue weighted by atomic mass is 35.5. The number of nitrogens with zero attached hydrogens (tertiary/aromatic N) is 3. The molecule has 1 fully saturated rings. The van der Waals surface area contributed by atoms with Gasteiger partial charge in [0, 0.05) is 24.7 Å². The van der Waals surface area contributed by atoms with Gasteiger partial charge in [0.05, 0.1) is 24.4 Å². The maximum absolute atomic E-state index is 13.5. The largest absolute Gasteiger partial charge is 0.465 e. The van der Waals surface area contributed by atoms with Gasteiger partial charge in [-0.05, 0) is 42.3 Å². The Morgan fingerprint density at radius 3 is 2.58 bits per heavy atom. The van der Waals surface area contributed by atoms with E-state index in [0.717, 1.165) is 29.0 Å². The zero-order chi connectivity index (χ0) is 23.5. The van der Waals surface area contributed by atoms with Gasteiger partial charge in [0.25, 0.3) is 5.56 Å². The number of halogens is 2. The van der Waals surface area contributed by atoms with Gasteiger partial charge < -0.3 is 9.64 Å². The summed E-state index contributed by atoms with van der Waals surface area (Å²) >= 11 is 6.84. The molecule has 0 aliphatic carbocycles. The number of methoxy groups -OCH3 is 1. The zero-order valence-electron chi connectivity index (χ0n) is 17.6. The van der Waals surface area contributed by atoms with Crippen LogP contribution < -0.4 is 15.3 Å². The minimum Gasteiger partial charge on any atom is -0.465 e. The van der Waals surface area contributed by atoms with Crippen molar-refractivity contribution in [2.24, 2.45) is 4.99 Å². The van der Waals surface area contributed by atoms with Crippen LogP contribution in [0.2, 0.25) is 5.02 Å². The molecule has 0 radical (unpaired) electrons. The van der Waals surface area contributed by atoms with Gasteiger partial charge in [0.1, 0.15) is 10.7 Å². The fourth-order valence-corrected chi connectivity index (χ4v) is 4.56. The number of esters is 1. The summed E-state index contributed by atoms with van der Waals surface area (Å²) in [6.45, 7) is 0.871. The molecular weight excluding hydrogens is 469 g/mol. The van der Waals surface area contributed by atoms with Crippen LogP contribution in [-0.4, -0.2) is 30.1 Å². The second-order valence-electron chi connectivity index (χ2n) is 7.33. The van der Waals surface area contributed by atoms with Gasteiger partial charge in [-0.2, -0.15) is 0 Å². The number of rotatable bonds is 5. The van der Waals surface area contributed by atoms with Crippen molar-refractivity contribution in [3.63, 3.8) is 0 Å². The fraction of sp³-hybridized carbons (Fsp3) is 0.217. The van der Waals surface area contributed by atoms with E-state index in [2.05, 4.69) is 4.99 Å². The topological polar surface area (TPSA) is 81.0 Å². The Morgan fingerprint density at radius 1 is 1.18 bits per heavy atom. The summed E-state index contributed by atoms with van der Waals surface area (Å²) in [5.41, 5.74) is 1.50. The van der Waals surface area contributed by atoms with Crippen LogP contribution in [0.1, 0.15) is 28.1 Å². The summed E-state index contributed by atoms with van der Waals surface area (Å²) in [5.74, 6) is -1.15. The summed E-state index contributed by atoms with van der Waals surface area (Å²) < 4.78 is 19.7. The summed E-state index contributed by atoms with van der Waals surface area (Å²) in [7, 11) is 1.23. The van der Waals surface area contributed by atoms with Gasteiger partial charge in [-0.3, -0.25) is 14.2 Å². The van der Waals surface area contributed by atoms with Crippen LogP contribution in [0.15, 0.2) is 58.3 Å².